The van der Waals surface area contributed by atoms with Crippen molar-refractivity contribution in [3.05, 3.63) is 66.0 Å². The van der Waals surface area contributed by atoms with Gasteiger partial charge in [0.25, 0.3) is 0 Å². The molecule has 1 saturated heterocycles. The number of ether oxygens (including phenoxy) is 4. The summed E-state index contributed by atoms with van der Waals surface area (Å²) < 4.78 is 60.5. The normalized spacial score (nSPS) is 21.5. The highest BCUT2D eigenvalue weighted by Gasteiger charge is 2.41. The lowest BCUT2D eigenvalue weighted by molar-refractivity contribution is -0.187. The number of nitrogens with zero attached hydrogens (tertiary/aromatic N) is 3. The van der Waals surface area contributed by atoms with E-state index >= 15 is 0 Å². The number of hydrogen-bond acceptors (Lipinski definition) is 10. The first-order valence-corrected chi connectivity index (χ1v) is 12.3. The molecule has 0 radical (unpaired) electrons. The number of hydrogen-bond donors (Lipinski definition) is 2. The van der Waals surface area contributed by atoms with Gasteiger partial charge in [0.1, 0.15) is 42.0 Å². The van der Waals surface area contributed by atoms with Crippen LogP contribution in [0.4, 0.5) is 13.2 Å². The van der Waals surface area contributed by atoms with Crippen LogP contribution in [0.5, 0.6) is 11.6 Å². The van der Waals surface area contributed by atoms with Crippen molar-refractivity contribution in [1.29, 1.82) is 0 Å². The van der Waals surface area contributed by atoms with E-state index in [0.717, 1.165) is 12.1 Å². The van der Waals surface area contributed by atoms with Crippen LogP contribution in [0.1, 0.15) is 37.0 Å². The molecule has 4 atom stereocenters. The van der Waals surface area contributed by atoms with Crippen LogP contribution < -0.4 is 9.47 Å². The summed E-state index contributed by atoms with van der Waals surface area (Å²) >= 11 is 0. The minimum atomic E-state index is -4.65. The molecule has 1 fully saturated rings. The fraction of sp³-hybridized carbons (Fsp3) is 0.407. The fourth-order valence-electron chi connectivity index (χ4n) is 3.73. The van der Waals surface area contributed by atoms with Crippen molar-refractivity contribution in [1.82, 2.24) is 15.2 Å². The lowest BCUT2D eigenvalue weighted by atomic mass is 10.0. The van der Waals surface area contributed by atoms with Crippen molar-refractivity contribution in [2.45, 2.75) is 57.0 Å². The maximum Gasteiger partial charge on any atom is 0.433 e. The van der Waals surface area contributed by atoms with E-state index in [1.54, 1.807) is 51.1 Å². The highest BCUT2D eigenvalue weighted by atomic mass is 19.4. The van der Waals surface area contributed by atoms with E-state index in [-0.39, 0.29) is 24.8 Å². The van der Waals surface area contributed by atoms with E-state index in [2.05, 4.69) is 15.2 Å². The maximum absolute atomic E-state index is 12.9. The summed E-state index contributed by atoms with van der Waals surface area (Å²) in [4.78, 5) is 15.5. The van der Waals surface area contributed by atoms with Gasteiger partial charge < -0.3 is 29.2 Å². The first-order chi connectivity index (χ1) is 18.8. The minimum Gasteiger partial charge on any atom is -0.491 e. The third-order valence-corrected chi connectivity index (χ3v) is 5.71. The molecule has 0 unspecified atom stereocenters. The SMILES string of the molecule is CC(C)(C)OC(=O)c1ccc(-c2ccc(OC[C@H]3OC[C@H](Oc4cccc(C(F)(F)F)n4)[C@@H](O)[C@H]3O)cc2)nn1. The van der Waals surface area contributed by atoms with Gasteiger partial charge in [0.2, 0.25) is 5.88 Å². The Hall–Kier alpha value is -3.81. The Kier molecular flexibility index (Phi) is 8.57. The number of benzene rings is 1. The van der Waals surface area contributed by atoms with Crippen LogP contribution in [0.2, 0.25) is 0 Å². The molecule has 10 nitrogen and oxygen atoms in total. The second kappa shape index (κ2) is 11.7. The molecule has 3 aromatic rings. The first-order valence-electron chi connectivity index (χ1n) is 12.3. The largest absolute Gasteiger partial charge is 0.491 e. The topological polar surface area (TPSA) is 133 Å². The summed E-state index contributed by atoms with van der Waals surface area (Å²) in [6.45, 7) is 4.95. The van der Waals surface area contributed by atoms with Gasteiger partial charge in [0.05, 0.1) is 12.3 Å². The van der Waals surface area contributed by atoms with E-state index in [1.807, 2.05) is 0 Å². The van der Waals surface area contributed by atoms with Crippen molar-refractivity contribution < 1.29 is 47.1 Å². The van der Waals surface area contributed by atoms with Gasteiger partial charge >= 0.3 is 12.1 Å². The third kappa shape index (κ3) is 7.43. The number of aliphatic hydroxyl groups is 2. The van der Waals surface area contributed by atoms with Gasteiger partial charge in [-0.15, -0.1) is 10.2 Å². The predicted molar refractivity (Wildman–Crippen MR) is 134 cm³/mol. The molecule has 1 aromatic carbocycles. The second-order valence-corrected chi connectivity index (χ2v) is 10.0. The number of rotatable bonds is 7. The summed E-state index contributed by atoms with van der Waals surface area (Å²) in [7, 11) is 0. The van der Waals surface area contributed by atoms with Crippen molar-refractivity contribution in [2.75, 3.05) is 13.2 Å². The number of aromatic nitrogens is 3. The van der Waals surface area contributed by atoms with Gasteiger partial charge in [-0.1, -0.05) is 6.07 Å². The Morgan fingerprint density at radius 1 is 1.00 bits per heavy atom. The zero-order chi connectivity index (χ0) is 29.1. The molecule has 0 aliphatic carbocycles. The van der Waals surface area contributed by atoms with Gasteiger partial charge in [-0.2, -0.15) is 13.2 Å². The first kappa shape index (κ1) is 29.2. The van der Waals surface area contributed by atoms with Gasteiger partial charge in [-0.3, -0.25) is 0 Å². The zero-order valence-electron chi connectivity index (χ0n) is 21.8. The predicted octanol–water partition coefficient (Wildman–Crippen LogP) is 3.46. The number of pyridine rings is 1. The monoisotopic (exact) mass is 563 g/mol. The number of alkyl halides is 3. The van der Waals surface area contributed by atoms with Gasteiger partial charge in [0.15, 0.2) is 11.8 Å². The quantitative estimate of drug-likeness (QED) is 0.412. The molecule has 4 rings (SSSR count). The molecule has 0 bridgehead atoms. The minimum absolute atomic E-state index is 0.0885. The molecule has 0 saturated carbocycles. The molecule has 13 heteroatoms. The van der Waals surface area contributed by atoms with Crippen LogP contribution in [0.15, 0.2) is 54.6 Å². The molecule has 2 aromatic heterocycles. The smallest absolute Gasteiger partial charge is 0.433 e. The molecule has 40 heavy (non-hydrogen) atoms. The van der Waals surface area contributed by atoms with E-state index in [1.165, 1.54) is 12.1 Å². The molecule has 0 spiro atoms. The highest BCUT2D eigenvalue weighted by molar-refractivity contribution is 5.87. The van der Waals surface area contributed by atoms with Crippen molar-refractivity contribution >= 4 is 5.97 Å². The number of carbonyl (C=O) groups is 1. The van der Waals surface area contributed by atoms with Crippen molar-refractivity contribution in [3.8, 4) is 22.9 Å². The lowest BCUT2D eigenvalue weighted by Crippen LogP contribution is -2.56. The van der Waals surface area contributed by atoms with E-state index in [4.69, 9.17) is 18.9 Å². The maximum atomic E-state index is 12.9. The Balaban J connectivity index is 1.30. The van der Waals surface area contributed by atoms with Crippen LogP contribution in [-0.4, -0.2) is 74.6 Å². The average molecular weight is 564 g/mol. The van der Waals surface area contributed by atoms with Crippen LogP contribution in [0, 0.1) is 0 Å². The van der Waals surface area contributed by atoms with Crippen LogP contribution >= 0.6 is 0 Å². The highest BCUT2D eigenvalue weighted by Crippen LogP contribution is 2.29. The lowest BCUT2D eigenvalue weighted by Gasteiger charge is -2.37. The van der Waals surface area contributed by atoms with E-state index in [9.17, 15) is 28.2 Å². The Labute approximate surface area is 227 Å². The molecule has 3 heterocycles. The summed E-state index contributed by atoms with van der Waals surface area (Å²) in [6.07, 6.45) is -9.59. The summed E-state index contributed by atoms with van der Waals surface area (Å²) in [6, 6.07) is 13.1. The molecular formula is C27H28F3N3O7. The van der Waals surface area contributed by atoms with Crippen LogP contribution in [-0.2, 0) is 15.7 Å². The van der Waals surface area contributed by atoms with Crippen molar-refractivity contribution in [3.63, 3.8) is 0 Å². The molecule has 0 amide bonds. The molecule has 214 valence electrons. The summed E-state index contributed by atoms with van der Waals surface area (Å²) in [5, 5.41) is 29.0. The Morgan fingerprint density at radius 3 is 2.35 bits per heavy atom. The van der Waals surface area contributed by atoms with Crippen LogP contribution in [0.25, 0.3) is 11.3 Å². The summed E-state index contributed by atoms with van der Waals surface area (Å²) in [5.74, 6) is -0.481. The fourth-order valence-corrected chi connectivity index (χ4v) is 3.73. The Morgan fingerprint density at radius 2 is 1.73 bits per heavy atom. The molecule has 1 aliphatic heterocycles. The van der Waals surface area contributed by atoms with Crippen molar-refractivity contribution in [2.24, 2.45) is 0 Å². The Bertz CT molecular complexity index is 1300. The van der Waals surface area contributed by atoms with E-state index in [0.29, 0.717) is 17.0 Å². The average Bonchev–Trinajstić information content (AvgIpc) is 2.90. The van der Waals surface area contributed by atoms with Gasteiger partial charge in [-0.25, -0.2) is 9.78 Å². The van der Waals surface area contributed by atoms with Crippen LogP contribution in [0.3, 0.4) is 0 Å². The molecule has 1 aliphatic rings. The number of esters is 1. The van der Waals surface area contributed by atoms with Gasteiger partial charge in [-0.05, 0) is 63.2 Å². The molecule has 2 N–H and O–H groups in total. The van der Waals surface area contributed by atoms with Gasteiger partial charge in [0, 0.05) is 11.6 Å². The summed E-state index contributed by atoms with van der Waals surface area (Å²) in [5.41, 5.74) is -0.467. The second-order valence-electron chi connectivity index (χ2n) is 10.0. The molecular weight excluding hydrogens is 535 g/mol. The number of aliphatic hydroxyl groups excluding tert-OH is 2. The standard InChI is InChI=1S/C27H28F3N3O7/c1-26(2,3)40-25(36)18-12-11-17(32-33-18)15-7-9-16(10-8-15)37-13-19-23(34)24(35)20(14-38-19)39-22-6-4-5-21(31-22)27(28,29)30/h4-12,19-20,23-24,34-35H,13-14H2,1-3H3/t19-,20+,23+,24-/m1/s1. The number of halogens is 3. The zero-order valence-corrected chi connectivity index (χ0v) is 21.8. The number of carbonyl (C=O) groups excluding carboxylic acids is 1. The van der Waals surface area contributed by atoms with E-state index < -0.39 is 47.9 Å². The third-order valence-electron chi connectivity index (χ3n) is 5.71.